The summed E-state index contributed by atoms with van der Waals surface area (Å²) in [4.78, 5) is 28.4. The smallest absolute Gasteiger partial charge is 0.332 e. The van der Waals surface area contributed by atoms with E-state index in [2.05, 4.69) is 4.98 Å². The summed E-state index contributed by atoms with van der Waals surface area (Å²) < 4.78 is 3.99. The number of nitrogens with zero attached hydrogens (tertiary/aromatic N) is 4. The van der Waals surface area contributed by atoms with Crippen molar-refractivity contribution in [2.75, 3.05) is 6.54 Å². The molecule has 0 aliphatic rings. The maximum absolute atomic E-state index is 12.4. The Kier molecular flexibility index (Phi) is 4.82. The Morgan fingerprint density at radius 3 is 2.60 bits per heavy atom. The van der Waals surface area contributed by atoms with Gasteiger partial charge in [-0.25, -0.2) is 9.78 Å². The number of benzene rings is 1. The Hall–Kier alpha value is -2.71. The van der Waals surface area contributed by atoms with Crippen molar-refractivity contribution < 1.29 is 10.4 Å². The van der Waals surface area contributed by atoms with E-state index < -0.39 is 17.4 Å². The first-order chi connectivity index (χ1) is 12.0. The van der Waals surface area contributed by atoms with Crippen LogP contribution in [0.1, 0.15) is 5.56 Å². The van der Waals surface area contributed by atoms with Gasteiger partial charge in [-0.1, -0.05) is 30.3 Å². The van der Waals surface area contributed by atoms with Gasteiger partial charge >= 0.3 is 5.69 Å². The highest BCUT2D eigenvalue weighted by atomic mass is 16.3. The Bertz CT molecular complexity index is 987. The van der Waals surface area contributed by atoms with Gasteiger partial charge in [0.25, 0.3) is 5.56 Å². The van der Waals surface area contributed by atoms with Crippen molar-refractivity contribution >= 4 is 11.2 Å². The van der Waals surface area contributed by atoms with Crippen LogP contribution in [0.3, 0.4) is 0 Å². The van der Waals surface area contributed by atoms with E-state index in [-0.39, 0.29) is 6.54 Å². The van der Waals surface area contributed by atoms with E-state index in [9.17, 15) is 14.7 Å². The molecule has 1 aromatic carbocycles. The van der Waals surface area contributed by atoms with Crippen molar-refractivity contribution in [3.05, 3.63) is 63.1 Å². The SMILES string of the molecule is Cn1c(=O)c2c(ncn2C[C@@H](O)C[NH2+]Cc2ccccc2)n(C)c1=O. The van der Waals surface area contributed by atoms with Crippen LogP contribution in [-0.2, 0) is 27.2 Å². The van der Waals surface area contributed by atoms with E-state index in [0.29, 0.717) is 17.7 Å². The minimum Gasteiger partial charge on any atom is -0.385 e. The number of rotatable bonds is 6. The molecule has 0 bridgehead atoms. The van der Waals surface area contributed by atoms with Crippen LogP contribution in [0.2, 0.25) is 0 Å². The molecule has 8 heteroatoms. The van der Waals surface area contributed by atoms with Gasteiger partial charge in [0.1, 0.15) is 19.2 Å². The highest BCUT2D eigenvalue weighted by molar-refractivity contribution is 5.69. The highest BCUT2D eigenvalue weighted by Gasteiger charge is 2.16. The average molecular weight is 344 g/mol. The molecule has 0 saturated heterocycles. The summed E-state index contributed by atoms with van der Waals surface area (Å²) in [5.74, 6) is 0. The topological polar surface area (TPSA) is 98.7 Å². The molecule has 0 spiro atoms. The van der Waals surface area contributed by atoms with Crippen LogP contribution in [0.4, 0.5) is 0 Å². The molecule has 0 saturated carbocycles. The van der Waals surface area contributed by atoms with Crippen molar-refractivity contribution in [3.8, 4) is 0 Å². The molecule has 3 N–H and O–H groups in total. The maximum atomic E-state index is 12.4. The monoisotopic (exact) mass is 344 g/mol. The number of imidazole rings is 1. The van der Waals surface area contributed by atoms with Crippen molar-refractivity contribution in [2.24, 2.45) is 14.1 Å². The fraction of sp³-hybridized carbons (Fsp3) is 0.353. The largest absolute Gasteiger partial charge is 0.385 e. The molecular formula is C17H22N5O3+. The summed E-state index contributed by atoms with van der Waals surface area (Å²) in [5, 5.41) is 12.3. The van der Waals surface area contributed by atoms with E-state index in [1.54, 1.807) is 11.6 Å². The van der Waals surface area contributed by atoms with Gasteiger partial charge < -0.3 is 15.0 Å². The van der Waals surface area contributed by atoms with Crippen molar-refractivity contribution in [1.82, 2.24) is 18.7 Å². The molecule has 0 aliphatic carbocycles. The predicted molar refractivity (Wildman–Crippen MR) is 93.2 cm³/mol. The number of hydrogen-bond donors (Lipinski definition) is 2. The zero-order valence-corrected chi connectivity index (χ0v) is 14.3. The van der Waals surface area contributed by atoms with E-state index >= 15 is 0 Å². The first-order valence-electron chi connectivity index (χ1n) is 8.13. The molecule has 25 heavy (non-hydrogen) atoms. The number of aryl methyl sites for hydroxylation is 1. The van der Waals surface area contributed by atoms with Crippen LogP contribution in [0.25, 0.3) is 11.2 Å². The fourth-order valence-electron chi connectivity index (χ4n) is 2.89. The second-order valence-electron chi connectivity index (χ2n) is 6.14. The number of aliphatic hydroxyl groups is 1. The second-order valence-corrected chi connectivity index (χ2v) is 6.14. The van der Waals surface area contributed by atoms with Gasteiger partial charge in [-0.3, -0.25) is 13.9 Å². The number of aromatic nitrogens is 4. The van der Waals surface area contributed by atoms with Crippen molar-refractivity contribution in [1.29, 1.82) is 0 Å². The number of hydrogen-bond acceptors (Lipinski definition) is 4. The van der Waals surface area contributed by atoms with Gasteiger partial charge in [0.2, 0.25) is 0 Å². The lowest BCUT2D eigenvalue weighted by atomic mass is 10.2. The Morgan fingerprint density at radius 2 is 1.88 bits per heavy atom. The van der Waals surface area contributed by atoms with Crippen molar-refractivity contribution in [3.63, 3.8) is 0 Å². The number of aliphatic hydroxyl groups excluding tert-OH is 1. The van der Waals surface area contributed by atoms with Gasteiger partial charge in [0.15, 0.2) is 11.2 Å². The van der Waals surface area contributed by atoms with E-state index in [4.69, 9.17) is 0 Å². The summed E-state index contributed by atoms with van der Waals surface area (Å²) >= 11 is 0. The maximum Gasteiger partial charge on any atom is 0.332 e. The minimum absolute atomic E-state index is 0.245. The van der Waals surface area contributed by atoms with Crippen LogP contribution < -0.4 is 16.6 Å². The van der Waals surface area contributed by atoms with Crippen LogP contribution in [-0.4, -0.2) is 36.4 Å². The molecule has 2 aromatic heterocycles. The first-order valence-corrected chi connectivity index (χ1v) is 8.13. The fourth-order valence-corrected chi connectivity index (χ4v) is 2.89. The quantitative estimate of drug-likeness (QED) is 0.572. The Morgan fingerprint density at radius 1 is 1.16 bits per heavy atom. The van der Waals surface area contributed by atoms with Crippen LogP contribution in [0.15, 0.2) is 46.2 Å². The van der Waals surface area contributed by atoms with Crippen LogP contribution in [0, 0.1) is 0 Å². The Balaban J connectivity index is 1.72. The summed E-state index contributed by atoms with van der Waals surface area (Å²) in [6.07, 6.45) is 0.856. The molecule has 0 unspecified atom stereocenters. The zero-order valence-electron chi connectivity index (χ0n) is 14.3. The first kappa shape index (κ1) is 17.1. The molecule has 3 rings (SSSR count). The van der Waals surface area contributed by atoms with Crippen LogP contribution >= 0.6 is 0 Å². The molecule has 0 aliphatic heterocycles. The summed E-state index contributed by atoms with van der Waals surface area (Å²) in [6.45, 7) is 1.52. The lowest BCUT2D eigenvalue weighted by Gasteiger charge is -2.11. The van der Waals surface area contributed by atoms with Gasteiger partial charge in [-0.2, -0.15) is 0 Å². The Labute approximate surface area is 144 Å². The standard InChI is InChI=1S/C17H21N5O3/c1-20-15-14(16(24)21(2)17(20)25)22(11-19-15)10-13(23)9-18-8-12-6-4-3-5-7-12/h3-7,11,13,18,23H,8-10H2,1-2H3/p+1/t13-/m0/s1. The molecule has 1 atom stereocenters. The average Bonchev–Trinajstić information content (AvgIpc) is 3.02. The van der Waals surface area contributed by atoms with Gasteiger partial charge in [-0.05, 0) is 0 Å². The van der Waals surface area contributed by atoms with E-state index in [1.165, 1.54) is 23.5 Å². The summed E-state index contributed by atoms with van der Waals surface area (Å²) in [6, 6.07) is 10.0. The summed E-state index contributed by atoms with van der Waals surface area (Å²) in [5.41, 5.74) is 1.02. The molecule has 2 heterocycles. The third kappa shape index (κ3) is 3.40. The molecular weight excluding hydrogens is 322 g/mol. The van der Waals surface area contributed by atoms with Gasteiger partial charge in [-0.15, -0.1) is 0 Å². The second kappa shape index (κ2) is 7.04. The third-order valence-corrected chi connectivity index (χ3v) is 4.29. The lowest BCUT2D eigenvalue weighted by molar-refractivity contribution is -0.676. The molecule has 0 amide bonds. The normalized spacial score (nSPS) is 12.6. The molecule has 132 valence electrons. The zero-order chi connectivity index (χ0) is 18.0. The molecule has 0 fully saturated rings. The third-order valence-electron chi connectivity index (χ3n) is 4.29. The highest BCUT2D eigenvalue weighted by Crippen LogP contribution is 2.06. The van der Waals surface area contributed by atoms with Gasteiger partial charge in [0.05, 0.1) is 12.9 Å². The molecule has 8 nitrogen and oxygen atoms in total. The van der Waals surface area contributed by atoms with E-state index in [0.717, 1.165) is 11.1 Å². The van der Waals surface area contributed by atoms with E-state index in [1.807, 2.05) is 35.6 Å². The minimum atomic E-state index is -0.636. The van der Waals surface area contributed by atoms with Crippen molar-refractivity contribution in [2.45, 2.75) is 19.2 Å². The molecule has 0 radical (unpaired) electrons. The summed E-state index contributed by atoms with van der Waals surface area (Å²) in [7, 11) is 3.01. The van der Waals surface area contributed by atoms with Crippen LogP contribution in [0.5, 0.6) is 0 Å². The number of fused-ring (bicyclic) bond motifs is 1. The number of quaternary nitrogens is 1. The van der Waals surface area contributed by atoms with Gasteiger partial charge in [0, 0.05) is 19.7 Å². The predicted octanol–water partition coefficient (Wildman–Crippen LogP) is -1.44. The lowest BCUT2D eigenvalue weighted by Crippen LogP contribution is -2.85. The molecule has 3 aromatic rings. The number of nitrogens with two attached hydrogens (primary N) is 1.